The Kier molecular flexibility index (Phi) is 16.4. The summed E-state index contributed by atoms with van der Waals surface area (Å²) in [5.41, 5.74) is 3.90. The average molecular weight is 576 g/mol. The summed E-state index contributed by atoms with van der Waals surface area (Å²) in [5, 5.41) is 13.5. The first kappa shape index (κ1) is 33.7. The van der Waals surface area contributed by atoms with Gasteiger partial charge in [-0.15, -0.1) is 24.8 Å². The van der Waals surface area contributed by atoms with Crippen molar-refractivity contribution in [1.29, 1.82) is 0 Å². The maximum Gasteiger partial charge on any atom is 0.164 e. The third-order valence-corrected chi connectivity index (χ3v) is 7.41. The number of phenolic OH excluding ortho intramolecular Hbond substituents is 1. The zero-order valence-electron chi connectivity index (χ0n) is 22.6. The largest absolute Gasteiger partial charge is 0.506 e. The summed E-state index contributed by atoms with van der Waals surface area (Å²) in [6.45, 7) is 6.64. The number of methoxy groups -OCH3 is 2. The molecule has 37 heavy (non-hydrogen) atoms. The Morgan fingerprint density at radius 1 is 1.00 bits per heavy atom. The minimum Gasteiger partial charge on any atom is -0.506 e. The van der Waals surface area contributed by atoms with E-state index in [4.69, 9.17) is 21.1 Å². The van der Waals surface area contributed by atoms with E-state index >= 15 is 0 Å². The van der Waals surface area contributed by atoms with Crippen LogP contribution in [0.25, 0.3) is 0 Å². The number of nitrogens with one attached hydrogen (secondary N) is 1. The highest BCUT2D eigenvalue weighted by Gasteiger charge is 2.27. The predicted molar refractivity (Wildman–Crippen MR) is 160 cm³/mol. The second kappa shape index (κ2) is 18.0. The molecule has 0 saturated heterocycles. The molecule has 8 heteroatoms. The van der Waals surface area contributed by atoms with Crippen molar-refractivity contribution in [1.82, 2.24) is 10.2 Å². The van der Waals surface area contributed by atoms with Crippen LogP contribution in [0.2, 0.25) is 5.02 Å². The first-order chi connectivity index (χ1) is 17.1. The molecule has 3 rings (SSSR count). The molecule has 1 atom stereocenters. The van der Waals surface area contributed by atoms with Gasteiger partial charge in [0.2, 0.25) is 0 Å². The van der Waals surface area contributed by atoms with E-state index in [-0.39, 0.29) is 30.6 Å². The lowest BCUT2D eigenvalue weighted by Crippen LogP contribution is -2.40. The number of fused-ring (bicyclic) bond motifs is 1. The number of phenols is 1. The molecule has 0 aromatic heterocycles. The van der Waals surface area contributed by atoms with Crippen LogP contribution in [0.1, 0.15) is 62.1 Å². The molecular formula is C29H45Cl3N2O3. The molecule has 2 aromatic carbocycles. The summed E-state index contributed by atoms with van der Waals surface area (Å²) in [6, 6.07) is 10.4. The number of hydrogen-bond acceptors (Lipinski definition) is 5. The molecule has 1 aliphatic carbocycles. The van der Waals surface area contributed by atoms with Crippen molar-refractivity contribution in [2.75, 3.05) is 40.4 Å². The zero-order valence-corrected chi connectivity index (χ0v) is 25.0. The molecular weight excluding hydrogens is 531 g/mol. The van der Waals surface area contributed by atoms with Gasteiger partial charge in [0.25, 0.3) is 0 Å². The molecule has 0 unspecified atom stereocenters. The highest BCUT2D eigenvalue weighted by molar-refractivity contribution is 6.32. The molecule has 0 aliphatic heterocycles. The van der Waals surface area contributed by atoms with Crippen LogP contribution in [0.15, 0.2) is 30.3 Å². The summed E-state index contributed by atoms with van der Waals surface area (Å²) in [7, 11) is 3.46. The molecule has 5 nitrogen and oxygen atoms in total. The second-order valence-corrected chi connectivity index (χ2v) is 9.98. The van der Waals surface area contributed by atoms with Gasteiger partial charge in [0.15, 0.2) is 11.5 Å². The number of aromatic hydroxyl groups is 1. The van der Waals surface area contributed by atoms with Gasteiger partial charge in [-0.2, -0.15) is 0 Å². The molecule has 0 saturated carbocycles. The van der Waals surface area contributed by atoms with E-state index in [0.717, 1.165) is 49.4 Å². The van der Waals surface area contributed by atoms with E-state index in [2.05, 4.69) is 29.3 Å². The van der Waals surface area contributed by atoms with Crippen LogP contribution < -0.4 is 14.8 Å². The number of unbranched alkanes of at least 4 members (excludes halogenated alkanes) is 3. The van der Waals surface area contributed by atoms with Crippen molar-refractivity contribution in [2.24, 2.45) is 0 Å². The first-order valence-electron chi connectivity index (χ1n) is 13.2. The standard InChI is InChI=1S/C29H43ClN2O3.2ClH/c1-4-18-32(24-11-12-25-23(21-24)10-14-28(34-2)29(25)35-3)19-8-6-5-7-16-31-17-15-22-9-13-27(33)26(30)20-22;;/h9-10,13-14,20,24,31,33H,4-8,11-12,15-19,21H2,1-3H3;2*1H/t24-;;/m0../s1. The van der Waals surface area contributed by atoms with Gasteiger partial charge in [0.05, 0.1) is 19.2 Å². The molecule has 1 aliphatic rings. The first-order valence-corrected chi connectivity index (χ1v) is 13.6. The Balaban J connectivity index is 0.00000342. The fourth-order valence-electron chi connectivity index (χ4n) is 5.22. The van der Waals surface area contributed by atoms with Crippen molar-refractivity contribution in [3.8, 4) is 17.2 Å². The smallest absolute Gasteiger partial charge is 0.164 e. The number of benzene rings is 2. The number of ether oxygens (including phenoxy) is 2. The lowest BCUT2D eigenvalue weighted by molar-refractivity contribution is 0.175. The lowest BCUT2D eigenvalue weighted by atomic mass is 9.86. The SMILES string of the molecule is CCCN(CCCCCCNCCc1ccc(O)c(Cl)c1)[C@H]1CCc2c(ccc(OC)c2OC)C1.Cl.Cl. The fraction of sp³-hybridized carbons (Fsp3) is 0.586. The summed E-state index contributed by atoms with van der Waals surface area (Å²) in [6.07, 6.45) is 10.5. The molecule has 0 radical (unpaired) electrons. The summed E-state index contributed by atoms with van der Waals surface area (Å²) >= 11 is 5.98. The highest BCUT2D eigenvalue weighted by Crippen LogP contribution is 2.38. The van der Waals surface area contributed by atoms with Gasteiger partial charge in [-0.3, -0.25) is 0 Å². The van der Waals surface area contributed by atoms with E-state index in [1.807, 2.05) is 12.1 Å². The summed E-state index contributed by atoms with van der Waals surface area (Å²) < 4.78 is 11.2. The van der Waals surface area contributed by atoms with Crippen LogP contribution in [-0.4, -0.2) is 56.4 Å². The van der Waals surface area contributed by atoms with Crippen molar-refractivity contribution in [3.05, 3.63) is 52.0 Å². The Morgan fingerprint density at radius 3 is 2.49 bits per heavy atom. The van der Waals surface area contributed by atoms with Crippen LogP contribution in [0.5, 0.6) is 17.2 Å². The number of rotatable bonds is 15. The molecule has 2 N–H and O–H groups in total. The minimum absolute atomic E-state index is 0. The topological polar surface area (TPSA) is 54.0 Å². The van der Waals surface area contributed by atoms with Crippen LogP contribution in [-0.2, 0) is 19.3 Å². The van der Waals surface area contributed by atoms with Gasteiger partial charge < -0.3 is 24.8 Å². The van der Waals surface area contributed by atoms with Gasteiger partial charge in [-0.1, -0.05) is 43.5 Å². The summed E-state index contributed by atoms with van der Waals surface area (Å²) in [4.78, 5) is 2.72. The number of hydrogen-bond donors (Lipinski definition) is 2. The van der Waals surface area contributed by atoms with Crippen molar-refractivity contribution in [3.63, 3.8) is 0 Å². The molecule has 0 bridgehead atoms. The molecule has 0 spiro atoms. The van der Waals surface area contributed by atoms with Crippen molar-refractivity contribution in [2.45, 2.75) is 70.8 Å². The van der Waals surface area contributed by atoms with E-state index in [1.165, 1.54) is 62.7 Å². The van der Waals surface area contributed by atoms with Gasteiger partial charge >= 0.3 is 0 Å². The Morgan fingerprint density at radius 2 is 1.78 bits per heavy atom. The van der Waals surface area contributed by atoms with Crippen molar-refractivity contribution < 1.29 is 14.6 Å². The second-order valence-electron chi connectivity index (χ2n) is 9.57. The van der Waals surface area contributed by atoms with Gasteiger partial charge in [-0.25, -0.2) is 0 Å². The normalized spacial score (nSPS) is 14.5. The zero-order chi connectivity index (χ0) is 25.0. The van der Waals surface area contributed by atoms with Crippen LogP contribution in [0.3, 0.4) is 0 Å². The van der Waals surface area contributed by atoms with Gasteiger partial charge in [0, 0.05) is 11.6 Å². The Hall–Kier alpha value is -1.37. The highest BCUT2D eigenvalue weighted by atomic mass is 35.5. The van der Waals surface area contributed by atoms with Crippen LogP contribution >= 0.6 is 36.4 Å². The molecule has 0 amide bonds. The predicted octanol–water partition coefficient (Wildman–Crippen LogP) is 6.87. The molecule has 2 aromatic rings. The third-order valence-electron chi connectivity index (χ3n) is 7.11. The number of nitrogens with zero attached hydrogens (tertiary/aromatic N) is 1. The Labute approximate surface area is 241 Å². The van der Waals surface area contributed by atoms with Crippen LogP contribution in [0, 0.1) is 0 Å². The molecule has 210 valence electrons. The number of halogens is 3. The van der Waals surface area contributed by atoms with Crippen molar-refractivity contribution >= 4 is 36.4 Å². The molecule has 0 fully saturated rings. The lowest BCUT2D eigenvalue weighted by Gasteiger charge is -2.36. The minimum atomic E-state index is 0. The fourth-order valence-corrected chi connectivity index (χ4v) is 5.42. The van der Waals surface area contributed by atoms with Gasteiger partial charge in [-0.05, 0) is 100 Å². The third kappa shape index (κ3) is 10.0. The monoisotopic (exact) mass is 574 g/mol. The average Bonchev–Trinajstić information content (AvgIpc) is 2.87. The maximum absolute atomic E-state index is 9.51. The van der Waals surface area contributed by atoms with E-state index in [9.17, 15) is 5.11 Å². The van der Waals surface area contributed by atoms with E-state index in [1.54, 1.807) is 20.3 Å². The molecule has 0 heterocycles. The van der Waals surface area contributed by atoms with E-state index in [0.29, 0.717) is 11.1 Å². The van der Waals surface area contributed by atoms with Crippen LogP contribution in [0.4, 0.5) is 0 Å². The maximum atomic E-state index is 9.51. The van der Waals surface area contributed by atoms with E-state index < -0.39 is 0 Å². The summed E-state index contributed by atoms with van der Waals surface area (Å²) in [5.74, 6) is 1.91. The van der Waals surface area contributed by atoms with Gasteiger partial charge in [0.1, 0.15) is 5.75 Å². The Bertz CT molecular complexity index is 930. The quantitative estimate of drug-likeness (QED) is 0.227.